The van der Waals surface area contributed by atoms with E-state index in [1.165, 1.54) is 0 Å². The predicted molar refractivity (Wildman–Crippen MR) is 109 cm³/mol. The van der Waals surface area contributed by atoms with Gasteiger partial charge in [0.05, 0.1) is 17.7 Å². The zero-order valence-corrected chi connectivity index (χ0v) is 17.1. The molecule has 3 fully saturated rings. The van der Waals surface area contributed by atoms with Gasteiger partial charge in [0.2, 0.25) is 17.7 Å². The standard InChI is InChI=1S/C21H25FN6O3/c22-11-20(4-5-20)31-17-15(10-24-27-17)25-19-23-9-14-16(26-19)28(18(30)21(14)6-7-21)12-2-1-3-13(29)8-12/h9-10,12-13,29H,1-8,11H2,(H,24,27)(H,23,25,26)/t12-,13-/m1/s1. The van der Waals surface area contributed by atoms with E-state index in [0.29, 0.717) is 42.6 Å². The smallest absolute Gasteiger partial charge is 0.239 e. The maximum Gasteiger partial charge on any atom is 0.239 e. The van der Waals surface area contributed by atoms with Crippen LogP contribution in [0.4, 0.5) is 21.8 Å². The number of alkyl halides is 1. The molecule has 0 radical (unpaired) electrons. The molecule has 1 spiro atoms. The highest BCUT2D eigenvalue weighted by molar-refractivity contribution is 6.09. The van der Waals surface area contributed by atoms with Crippen molar-refractivity contribution in [1.29, 1.82) is 0 Å². The number of H-pyrrole nitrogens is 1. The Morgan fingerprint density at radius 1 is 1.29 bits per heavy atom. The minimum absolute atomic E-state index is 0.0511. The van der Waals surface area contributed by atoms with Gasteiger partial charge in [-0.15, -0.1) is 0 Å². The highest BCUT2D eigenvalue weighted by Gasteiger charge is 2.61. The van der Waals surface area contributed by atoms with Crippen LogP contribution in [-0.2, 0) is 10.2 Å². The van der Waals surface area contributed by atoms with Crippen LogP contribution in [0.3, 0.4) is 0 Å². The van der Waals surface area contributed by atoms with Crippen LogP contribution in [0.1, 0.15) is 56.9 Å². The van der Waals surface area contributed by atoms with Crippen molar-refractivity contribution in [2.24, 2.45) is 0 Å². The van der Waals surface area contributed by atoms with Crippen LogP contribution in [0.25, 0.3) is 0 Å². The summed E-state index contributed by atoms with van der Waals surface area (Å²) >= 11 is 0. The maximum atomic E-state index is 13.3. The summed E-state index contributed by atoms with van der Waals surface area (Å²) in [5.41, 5.74) is 0.149. The summed E-state index contributed by atoms with van der Waals surface area (Å²) in [5, 5.41) is 20.0. The molecule has 1 amide bonds. The first kappa shape index (κ1) is 19.0. The third-order valence-corrected chi connectivity index (χ3v) is 7.10. The first-order valence-electron chi connectivity index (χ1n) is 11.0. The third kappa shape index (κ3) is 2.99. The van der Waals surface area contributed by atoms with Crippen LogP contribution >= 0.6 is 0 Å². The van der Waals surface area contributed by atoms with E-state index < -0.39 is 17.7 Å². The molecule has 164 valence electrons. The average Bonchev–Trinajstić information content (AvgIpc) is 3.66. The lowest BCUT2D eigenvalue weighted by Crippen LogP contribution is -2.44. The molecule has 3 heterocycles. The van der Waals surface area contributed by atoms with E-state index in [-0.39, 0.29) is 18.1 Å². The second-order valence-corrected chi connectivity index (χ2v) is 9.32. The van der Waals surface area contributed by atoms with Gasteiger partial charge >= 0.3 is 0 Å². The van der Waals surface area contributed by atoms with Crippen LogP contribution in [0.5, 0.6) is 5.88 Å². The minimum atomic E-state index is -0.759. The lowest BCUT2D eigenvalue weighted by Gasteiger charge is -2.33. The molecule has 9 nitrogen and oxygen atoms in total. The van der Waals surface area contributed by atoms with E-state index in [1.807, 2.05) is 0 Å². The van der Waals surface area contributed by atoms with Crippen molar-refractivity contribution in [3.8, 4) is 5.88 Å². The Bertz CT molecular complexity index is 1030. The predicted octanol–water partition coefficient (Wildman–Crippen LogP) is 2.51. The number of carbonyl (C=O) groups excluding carboxylic acids is 1. The maximum absolute atomic E-state index is 13.3. The number of aliphatic hydroxyl groups is 1. The Morgan fingerprint density at radius 3 is 2.84 bits per heavy atom. The van der Waals surface area contributed by atoms with Gasteiger partial charge in [-0.25, -0.2) is 14.5 Å². The van der Waals surface area contributed by atoms with E-state index in [9.17, 15) is 14.3 Å². The van der Waals surface area contributed by atoms with Crippen molar-refractivity contribution < 1.29 is 19.0 Å². The lowest BCUT2D eigenvalue weighted by atomic mass is 9.92. The number of fused-ring (bicyclic) bond motifs is 2. The molecule has 3 saturated carbocycles. The topological polar surface area (TPSA) is 116 Å². The van der Waals surface area contributed by atoms with Crippen molar-refractivity contribution in [2.45, 2.75) is 74.5 Å². The van der Waals surface area contributed by atoms with Crippen LogP contribution in [0.15, 0.2) is 12.4 Å². The molecule has 31 heavy (non-hydrogen) atoms. The lowest BCUT2D eigenvalue weighted by molar-refractivity contribution is -0.121. The third-order valence-electron chi connectivity index (χ3n) is 7.10. The molecule has 0 unspecified atom stereocenters. The normalized spacial score (nSPS) is 27.3. The Labute approximate surface area is 178 Å². The molecule has 1 aliphatic heterocycles. The van der Waals surface area contributed by atoms with Gasteiger partial charge in [-0.05, 0) is 51.4 Å². The fraction of sp³-hybridized carbons (Fsp3) is 0.619. The number of hydrogen-bond donors (Lipinski definition) is 3. The number of aromatic nitrogens is 4. The van der Waals surface area contributed by atoms with E-state index in [1.54, 1.807) is 17.3 Å². The molecule has 3 N–H and O–H groups in total. The summed E-state index contributed by atoms with van der Waals surface area (Å²) in [7, 11) is 0. The summed E-state index contributed by atoms with van der Waals surface area (Å²) < 4.78 is 19.0. The van der Waals surface area contributed by atoms with Crippen molar-refractivity contribution in [2.75, 3.05) is 16.9 Å². The van der Waals surface area contributed by atoms with Crippen molar-refractivity contribution in [3.63, 3.8) is 0 Å². The van der Waals surface area contributed by atoms with Gasteiger partial charge in [0, 0.05) is 17.8 Å². The van der Waals surface area contributed by atoms with Crippen LogP contribution < -0.4 is 15.0 Å². The Balaban J connectivity index is 1.30. The molecule has 4 aliphatic rings. The van der Waals surface area contributed by atoms with Gasteiger partial charge in [-0.1, -0.05) is 0 Å². The summed E-state index contributed by atoms with van der Waals surface area (Å²) in [5.74, 6) is 1.38. The molecule has 6 rings (SSSR count). The second-order valence-electron chi connectivity index (χ2n) is 9.32. The summed E-state index contributed by atoms with van der Waals surface area (Å²) in [6.07, 6.45) is 8.94. The highest BCUT2D eigenvalue weighted by atomic mass is 19.1. The number of nitrogens with one attached hydrogen (secondary N) is 2. The molecule has 0 saturated heterocycles. The van der Waals surface area contributed by atoms with Gasteiger partial charge in [0.1, 0.15) is 23.8 Å². The number of hydrogen-bond acceptors (Lipinski definition) is 7. The molecular weight excluding hydrogens is 403 g/mol. The van der Waals surface area contributed by atoms with Gasteiger partial charge in [0.25, 0.3) is 0 Å². The fourth-order valence-corrected chi connectivity index (χ4v) is 4.90. The van der Waals surface area contributed by atoms with E-state index in [4.69, 9.17) is 9.72 Å². The number of aromatic amines is 1. The first-order valence-corrected chi connectivity index (χ1v) is 11.0. The average molecular weight is 428 g/mol. The number of anilines is 3. The first-order chi connectivity index (χ1) is 15.0. The van der Waals surface area contributed by atoms with E-state index >= 15 is 0 Å². The number of amides is 1. The second kappa shape index (κ2) is 6.62. The molecule has 2 aromatic heterocycles. The summed E-state index contributed by atoms with van der Waals surface area (Å²) in [6, 6.07) is -0.0511. The molecule has 0 aromatic carbocycles. The summed E-state index contributed by atoms with van der Waals surface area (Å²) in [6.45, 7) is -0.548. The number of rotatable bonds is 6. The zero-order valence-electron chi connectivity index (χ0n) is 17.1. The van der Waals surface area contributed by atoms with Crippen molar-refractivity contribution >= 4 is 23.4 Å². The number of ether oxygens (including phenoxy) is 1. The number of nitrogens with zero attached hydrogens (tertiary/aromatic N) is 4. The van der Waals surface area contributed by atoms with Crippen molar-refractivity contribution in [3.05, 3.63) is 18.0 Å². The minimum Gasteiger partial charge on any atom is -0.467 e. The van der Waals surface area contributed by atoms with Crippen molar-refractivity contribution in [1.82, 2.24) is 20.2 Å². The quantitative estimate of drug-likeness (QED) is 0.647. The Morgan fingerprint density at radius 2 is 2.13 bits per heavy atom. The van der Waals surface area contributed by atoms with Gasteiger partial charge in [-0.3, -0.25) is 9.69 Å². The van der Waals surface area contributed by atoms with E-state index in [2.05, 4.69) is 20.5 Å². The zero-order chi connectivity index (χ0) is 21.2. The van der Waals surface area contributed by atoms with Gasteiger partial charge in [0.15, 0.2) is 0 Å². The molecular formula is C21H25FN6O3. The summed E-state index contributed by atoms with van der Waals surface area (Å²) in [4.78, 5) is 24.3. The molecule has 2 atom stereocenters. The molecule has 0 bridgehead atoms. The number of aliphatic hydroxyl groups excluding tert-OH is 1. The fourth-order valence-electron chi connectivity index (χ4n) is 4.90. The van der Waals surface area contributed by atoms with Gasteiger partial charge < -0.3 is 15.2 Å². The highest BCUT2D eigenvalue weighted by Crippen LogP contribution is 2.57. The number of carbonyl (C=O) groups is 1. The molecule has 2 aromatic rings. The monoisotopic (exact) mass is 428 g/mol. The van der Waals surface area contributed by atoms with Crippen LogP contribution in [-0.4, -0.2) is 55.6 Å². The largest absolute Gasteiger partial charge is 0.467 e. The van der Waals surface area contributed by atoms with Crippen LogP contribution in [0.2, 0.25) is 0 Å². The van der Waals surface area contributed by atoms with E-state index in [0.717, 1.165) is 37.7 Å². The van der Waals surface area contributed by atoms with Gasteiger partial charge in [-0.2, -0.15) is 10.1 Å². The van der Waals surface area contributed by atoms with Crippen LogP contribution in [0, 0.1) is 0 Å². The molecule has 3 aliphatic carbocycles. The SMILES string of the molecule is O=C1N([C@@H]2CCC[C@@H](O)C2)c2nc(Nc3cn[nH]c3OC3(CF)CC3)ncc2C12CC2. The molecule has 10 heteroatoms. The number of halogens is 1. The Kier molecular flexibility index (Phi) is 4.05. The Hall–Kier alpha value is -2.75.